The van der Waals surface area contributed by atoms with Crippen LogP contribution in [-0.2, 0) is 0 Å². The molecule has 8 nitrogen and oxygen atoms in total. The number of aliphatic hydroxyl groups is 1. The third-order valence-corrected chi connectivity index (χ3v) is 5.45. The summed E-state index contributed by atoms with van der Waals surface area (Å²) in [7, 11) is 0. The molecule has 1 unspecified atom stereocenters. The van der Waals surface area contributed by atoms with Gasteiger partial charge in [-0.25, -0.2) is 14.3 Å². The highest BCUT2D eigenvalue weighted by molar-refractivity contribution is 7.03. The first kappa shape index (κ1) is 16.5. The number of aromatic nitrogens is 5. The largest absolute Gasteiger partial charge is 0.376 e. The van der Waals surface area contributed by atoms with E-state index in [2.05, 4.69) is 20.1 Å². The molecule has 0 amide bonds. The fourth-order valence-corrected chi connectivity index (χ4v) is 3.96. The fourth-order valence-electron chi connectivity index (χ4n) is 3.44. The Morgan fingerprint density at radius 2 is 2.15 bits per heavy atom. The molecule has 2 atom stereocenters. The summed E-state index contributed by atoms with van der Waals surface area (Å²) < 4.78 is 5.88. The van der Waals surface area contributed by atoms with Crippen LogP contribution >= 0.6 is 11.5 Å². The maximum Gasteiger partial charge on any atom is 0.226 e. The van der Waals surface area contributed by atoms with Crippen molar-refractivity contribution in [3.8, 4) is 11.4 Å². The van der Waals surface area contributed by atoms with Gasteiger partial charge < -0.3 is 10.4 Å². The lowest BCUT2D eigenvalue weighted by atomic mass is 10.1. The molecule has 9 heteroatoms. The molecule has 1 aliphatic rings. The highest BCUT2D eigenvalue weighted by Crippen LogP contribution is 2.25. The summed E-state index contributed by atoms with van der Waals surface area (Å²) >= 11 is 1.37. The van der Waals surface area contributed by atoms with Gasteiger partial charge in [0.05, 0.1) is 23.3 Å². The van der Waals surface area contributed by atoms with Crippen molar-refractivity contribution >= 4 is 34.0 Å². The molecular formula is C18H19N7OS. The fraction of sp³-hybridized carbons (Fsp3) is 0.333. The van der Waals surface area contributed by atoms with E-state index in [-0.39, 0.29) is 6.04 Å². The average Bonchev–Trinajstić information content (AvgIpc) is 3.32. The second kappa shape index (κ2) is 6.84. The van der Waals surface area contributed by atoms with E-state index >= 15 is 0 Å². The topological polar surface area (TPSA) is 100 Å². The van der Waals surface area contributed by atoms with Gasteiger partial charge in [-0.05, 0) is 49.5 Å². The molecule has 0 spiro atoms. The number of hydrogen-bond donors (Lipinski definition) is 3. The van der Waals surface area contributed by atoms with Gasteiger partial charge in [0, 0.05) is 10.8 Å². The number of anilines is 1. The van der Waals surface area contributed by atoms with Gasteiger partial charge in [0.2, 0.25) is 5.95 Å². The van der Waals surface area contributed by atoms with Crippen LogP contribution in [0.25, 0.3) is 27.9 Å². The molecule has 4 heterocycles. The lowest BCUT2D eigenvalue weighted by Crippen LogP contribution is -2.43. The van der Waals surface area contributed by atoms with E-state index in [4.69, 9.17) is 9.97 Å². The second-order valence-corrected chi connectivity index (χ2v) is 7.34. The van der Waals surface area contributed by atoms with Gasteiger partial charge in [-0.3, -0.25) is 5.32 Å². The second-order valence-electron chi connectivity index (χ2n) is 6.68. The lowest BCUT2D eigenvalue weighted by molar-refractivity contribution is 0.121. The summed E-state index contributed by atoms with van der Waals surface area (Å²) in [5.41, 5.74) is 2.46. The molecule has 138 valence electrons. The molecule has 3 aromatic heterocycles. The summed E-state index contributed by atoms with van der Waals surface area (Å²) in [6, 6.07) is 7.74. The quantitative estimate of drug-likeness (QED) is 0.500. The molecule has 1 fully saturated rings. The molecule has 1 aromatic carbocycles. The zero-order valence-electron chi connectivity index (χ0n) is 14.5. The van der Waals surface area contributed by atoms with Crippen molar-refractivity contribution in [2.24, 2.45) is 0 Å². The zero-order chi connectivity index (χ0) is 18.2. The molecule has 1 saturated heterocycles. The number of aliphatic hydroxyl groups excluding tert-OH is 1. The van der Waals surface area contributed by atoms with Gasteiger partial charge in [-0.1, -0.05) is 12.1 Å². The molecule has 5 rings (SSSR count). The Morgan fingerprint density at radius 1 is 1.22 bits per heavy atom. The monoisotopic (exact) mass is 381 g/mol. The minimum absolute atomic E-state index is 0.139. The number of para-hydroxylation sites is 1. The van der Waals surface area contributed by atoms with E-state index in [1.807, 2.05) is 29.6 Å². The first-order valence-corrected chi connectivity index (χ1v) is 9.86. The third kappa shape index (κ3) is 3.03. The molecule has 0 saturated carbocycles. The predicted octanol–water partition coefficient (Wildman–Crippen LogP) is 2.27. The Morgan fingerprint density at radius 3 is 3.04 bits per heavy atom. The van der Waals surface area contributed by atoms with Gasteiger partial charge in [0.25, 0.3) is 0 Å². The van der Waals surface area contributed by atoms with Gasteiger partial charge in [0.1, 0.15) is 6.23 Å². The van der Waals surface area contributed by atoms with Crippen molar-refractivity contribution in [3.63, 3.8) is 0 Å². The van der Waals surface area contributed by atoms with Crippen molar-refractivity contribution in [3.05, 3.63) is 35.8 Å². The average molecular weight is 381 g/mol. The zero-order valence-corrected chi connectivity index (χ0v) is 15.4. The number of benzene rings is 1. The molecule has 3 N–H and O–H groups in total. The van der Waals surface area contributed by atoms with E-state index in [1.54, 1.807) is 10.7 Å². The summed E-state index contributed by atoms with van der Waals surface area (Å²) in [5.74, 6) is 1.20. The van der Waals surface area contributed by atoms with Gasteiger partial charge in [-0.2, -0.15) is 4.52 Å². The maximum atomic E-state index is 10.4. The Hall–Kier alpha value is -2.62. The van der Waals surface area contributed by atoms with E-state index in [0.29, 0.717) is 11.8 Å². The standard InChI is InChI=1S/C18H19N7OS/c26-17-14(7-3-4-8-19-17)22-18-21-13-6-2-1-5-12(13)16-23-15(24-25(16)18)11-9-20-27-10-11/h1-2,5-6,9-10,14,17,19,26H,3-4,7-8H2,(H,21,22)/t14-,17?/m1/s1. The first-order valence-electron chi connectivity index (χ1n) is 9.03. The van der Waals surface area contributed by atoms with E-state index < -0.39 is 6.23 Å². The Balaban J connectivity index is 1.65. The highest BCUT2D eigenvalue weighted by Gasteiger charge is 2.23. The van der Waals surface area contributed by atoms with Crippen LogP contribution in [0.1, 0.15) is 19.3 Å². The molecule has 0 radical (unpaired) electrons. The molecule has 1 aliphatic heterocycles. The number of fused-ring (bicyclic) bond motifs is 3. The van der Waals surface area contributed by atoms with Crippen molar-refractivity contribution in [2.75, 3.05) is 11.9 Å². The molecular weight excluding hydrogens is 362 g/mol. The number of nitrogens with one attached hydrogen (secondary N) is 2. The number of nitrogens with zero attached hydrogens (tertiary/aromatic N) is 5. The Kier molecular flexibility index (Phi) is 4.19. The lowest BCUT2D eigenvalue weighted by Gasteiger charge is -2.23. The van der Waals surface area contributed by atoms with Crippen LogP contribution < -0.4 is 10.6 Å². The summed E-state index contributed by atoms with van der Waals surface area (Å²) in [4.78, 5) is 9.49. The van der Waals surface area contributed by atoms with Gasteiger partial charge in [-0.15, -0.1) is 5.10 Å². The van der Waals surface area contributed by atoms with Crippen molar-refractivity contribution < 1.29 is 5.11 Å². The summed E-state index contributed by atoms with van der Waals surface area (Å²) in [6.07, 6.45) is 4.09. The molecule has 0 bridgehead atoms. The van der Waals surface area contributed by atoms with Crippen LogP contribution in [0.15, 0.2) is 35.8 Å². The van der Waals surface area contributed by atoms with E-state index in [1.165, 1.54) is 11.5 Å². The van der Waals surface area contributed by atoms with Crippen LogP contribution in [0.3, 0.4) is 0 Å². The number of rotatable bonds is 3. The molecule has 4 aromatic rings. The van der Waals surface area contributed by atoms with Crippen molar-refractivity contribution in [1.29, 1.82) is 0 Å². The number of hydrogen-bond acceptors (Lipinski definition) is 8. The Bertz CT molecular complexity index is 1080. The Labute approximate surface area is 159 Å². The normalized spacial score (nSPS) is 20.8. The minimum Gasteiger partial charge on any atom is -0.376 e. The van der Waals surface area contributed by atoms with E-state index in [0.717, 1.165) is 47.9 Å². The first-order chi connectivity index (χ1) is 13.3. The van der Waals surface area contributed by atoms with Crippen LogP contribution in [0.5, 0.6) is 0 Å². The third-order valence-electron chi connectivity index (χ3n) is 4.86. The molecule has 0 aliphatic carbocycles. The highest BCUT2D eigenvalue weighted by atomic mass is 32.1. The van der Waals surface area contributed by atoms with Crippen molar-refractivity contribution in [2.45, 2.75) is 31.5 Å². The smallest absolute Gasteiger partial charge is 0.226 e. The van der Waals surface area contributed by atoms with Crippen LogP contribution in [-0.4, -0.2) is 47.9 Å². The van der Waals surface area contributed by atoms with E-state index in [9.17, 15) is 5.11 Å². The molecule has 27 heavy (non-hydrogen) atoms. The van der Waals surface area contributed by atoms with Crippen molar-refractivity contribution in [1.82, 2.24) is 29.3 Å². The summed E-state index contributed by atoms with van der Waals surface area (Å²) in [5, 5.41) is 24.5. The van der Waals surface area contributed by atoms with Crippen LogP contribution in [0, 0.1) is 0 Å². The SMILES string of the molecule is OC1NCCCC[C@H]1Nc1nc2ccccc2c2nc(-c3cnsc3)nn12. The minimum atomic E-state index is -0.625. The van der Waals surface area contributed by atoms with Gasteiger partial charge in [0.15, 0.2) is 11.5 Å². The van der Waals surface area contributed by atoms with Crippen LogP contribution in [0.2, 0.25) is 0 Å². The predicted molar refractivity (Wildman–Crippen MR) is 105 cm³/mol. The van der Waals surface area contributed by atoms with Gasteiger partial charge >= 0.3 is 0 Å². The summed E-state index contributed by atoms with van der Waals surface area (Å²) in [6.45, 7) is 0.818. The maximum absolute atomic E-state index is 10.4. The van der Waals surface area contributed by atoms with Crippen LogP contribution in [0.4, 0.5) is 5.95 Å².